The van der Waals surface area contributed by atoms with E-state index in [1.54, 1.807) is 0 Å². The van der Waals surface area contributed by atoms with Crippen LogP contribution in [0.15, 0.2) is 6.07 Å². The smallest absolute Gasteiger partial charge is 0.305 e. The number of anilines is 1. The Hall–Kier alpha value is -1.65. The van der Waals surface area contributed by atoms with Crippen molar-refractivity contribution in [2.45, 2.75) is 45.6 Å². The molecule has 1 N–H and O–H groups in total. The molecule has 1 aliphatic carbocycles. The highest BCUT2D eigenvalue weighted by Crippen LogP contribution is 2.31. The Labute approximate surface area is 107 Å². The van der Waals surface area contributed by atoms with E-state index >= 15 is 0 Å². The van der Waals surface area contributed by atoms with Gasteiger partial charge in [-0.1, -0.05) is 6.92 Å². The topological polar surface area (TPSA) is 66.3 Å². The molecule has 1 aromatic rings. The van der Waals surface area contributed by atoms with Crippen molar-refractivity contribution in [3.05, 3.63) is 17.6 Å². The fourth-order valence-electron chi connectivity index (χ4n) is 2.03. The third-order valence-corrected chi connectivity index (χ3v) is 3.09. The molecule has 0 bridgehead atoms. The second-order valence-corrected chi connectivity index (χ2v) is 4.69. The molecule has 1 fully saturated rings. The molecule has 0 aromatic carbocycles. The third kappa shape index (κ3) is 3.18. The normalized spacial score (nSPS) is 14.6. The van der Waals surface area contributed by atoms with Gasteiger partial charge in [0.1, 0.15) is 11.6 Å². The summed E-state index contributed by atoms with van der Waals surface area (Å²) < 4.78 is 0. The lowest BCUT2D eigenvalue weighted by molar-refractivity contribution is -0.136. The SMILES string of the molecule is CCc1cc(N(CCC(=O)O)C2CC2)nc(C)n1. The van der Waals surface area contributed by atoms with Crippen LogP contribution in [0.25, 0.3) is 0 Å². The summed E-state index contributed by atoms with van der Waals surface area (Å²) in [5, 5.41) is 8.81. The van der Waals surface area contributed by atoms with E-state index in [4.69, 9.17) is 5.11 Å². The molecule has 5 nitrogen and oxygen atoms in total. The molecule has 5 heteroatoms. The Kier molecular flexibility index (Phi) is 3.79. The van der Waals surface area contributed by atoms with Gasteiger partial charge < -0.3 is 10.0 Å². The van der Waals surface area contributed by atoms with Crippen LogP contribution in [0.1, 0.15) is 37.7 Å². The lowest BCUT2D eigenvalue weighted by atomic mass is 10.3. The average Bonchev–Trinajstić information content (AvgIpc) is 3.12. The molecule has 1 aliphatic rings. The quantitative estimate of drug-likeness (QED) is 0.832. The second-order valence-electron chi connectivity index (χ2n) is 4.69. The molecule has 0 aliphatic heterocycles. The number of aromatic nitrogens is 2. The van der Waals surface area contributed by atoms with E-state index in [9.17, 15) is 4.79 Å². The van der Waals surface area contributed by atoms with Gasteiger partial charge in [0.2, 0.25) is 0 Å². The number of hydrogen-bond donors (Lipinski definition) is 1. The molecule has 0 radical (unpaired) electrons. The lowest BCUT2D eigenvalue weighted by Crippen LogP contribution is -2.29. The summed E-state index contributed by atoms with van der Waals surface area (Å²) in [7, 11) is 0. The largest absolute Gasteiger partial charge is 0.481 e. The number of nitrogens with zero attached hydrogens (tertiary/aromatic N) is 3. The maximum absolute atomic E-state index is 10.7. The summed E-state index contributed by atoms with van der Waals surface area (Å²) >= 11 is 0. The summed E-state index contributed by atoms with van der Waals surface area (Å²) in [5.74, 6) is 0.871. The van der Waals surface area contributed by atoms with Gasteiger partial charge in [0.05, 0.1) is 6.42 Å². The van der Waals surface area contributed by atoms with Crippen molar-refractivity contribution in [1.29, 1.82) is 0 Å². The zero-order valence-electron chi connectivity index (χ0n) is 10.9. The van der Waals surface area contributed by atoms with Crippen molar-refractivity contribution in [2.24, 2.45) is 0 Å². The van der Waals surface area contributed by atoms with Crippen LogP contribution in [-0.4, -0.2) is 33.6 Å². The third-order valence-electron chi connectivity index (χ3n) is 3.09. The van der Waals surface area contributed by atoms with Crippen molar-refractivity contribution in [1.82, 2.24) is 9.97 Å². The number of carbonyl (C=O) groups is 1. The minimum Gasteiger partial charge on any atom is -0.481 e. The van der Waals surface area contributed by atoms with Crippen molar-refractivity contribution >= 4 is 11.8 Å². The van der Waals surface area contributed by atoms with Gasteiger partial charge in [-0.05, 0) is 26.2 Å². The first kappa shape index (κ1) is 12.8. The summed E-state index contributed by atoms with van der Waals surface area (Å²) in [4.78, 5) is 21.6. The molecule has 0 unspecified atom stereocenters. The van der Waals surface area contributed by atoms with E-state index in [-0.39, 0.29) is 6.42 Å². The minimum absolute atomic E-state index is 0.154. The Morgan fingerprint density at radius 3 is 2.78 bits per heavy atom. The van der Waals surface area contributed by atoms with E-state index in [1.165, 1.54) is 0 Å². The van der Waals surface area contributed by atoms with Gasteiger partial charge >= 0.3 is 5.97 Å². The maximum Gasteiger partial charge on any atom is 0.305 e. The van der Waals surface area contributed by atoms with Crippen LogP contribution in [0.2, 0.25) is 0 Å². The van der Waals surface area contributed by atoms with Gasteiger partial charge in [-0.25, -0.2) is 9.97 Å². The Balaban J connectivity index is 2.18. The van der Waals surface area contributed by atoms with Crippen LogP contribution in [0, 0.1) is 6.92 Å². The van der Waals surface area contributed by atoms with Gasteiger partial charge in [-0.3, -0.25) is 4.79 Å². The average molecular weight is 249 g/mol. The molecule has 1 heterocycles. The summed E-state index contributed by atoms with van der Waals surface area (Å²) in [6.07, 6.45) is 3.28. The van der Waals surface area contributed by atoms with Crippen molar-refractivity contribution < 1.29 is 9.90 Å². The second kappa shape index (κ2) is 5.33. The van der Waals surface area contributed by atoms with Crippen molar-refractivity contribution in [3.8, 4) is 0 Å². The molecule has 1 saturated carbocycles. The molecule has 2 rings (SSSR count). The number of aliphatic carboxylic acids is 1. The van der Waals surface area contributed by atoms with Gasteiger partial charge in [0, 0.05) is 24.3 Å². The number of carboxylic acids is 1. The van der Waals surface area contributed by atoms with Crippen molar-refractivity contribution in [2.75, 3.05) is 11.4 Å². The van der Waals surface area contributed by atoms with Crippen molar-refractivity contribution in [3.63, 3.8) is 0 Å². The highest BCUT2D eigenvalue weighted by Gasteiger charge is 2.30. The molecule has 0 saturated heterocycles. The first-order chi connectivity index (χ1) is 8.60. The van der Waals surface area contributed by atoms with Crippen LogP contribution in [-0.2, 0) is 11.2 Å². The van der Waals surface area contributed by atoms with E-state index in [0.717, 1.165) is 36.6 Å². The fraction of sp³-hybridized carbons (Fsp3) is 0.615. The molecule has 1 aromatic heterocycles. The molecule has 0 amide bonds. The van der Waals surface area contributed by atoms with E-state index in [2.05, 4.69) is 21.8 Å². The highest BCUT2D eigenvalue weighted by atomic mass is 16.4. The fourth-order valence-corrected chi connectivity index (χ4v) is 2.03. The van der Waals surface area contributed by atoms with Crippen LogP contribution < -0.4 is 4.90 Å². The Morgan fingerprint density at radius 2 is 2.22 bits per heavy atom. The molecule has 18 heavy (non-hydrogen) atoms. The molecule has 98 valence electrons. The maximum atomic E-state index is 10.7. The zero-order valence-corrected chi connectivity index (χ0v) is 10.9. The van der Waals surface area contributed by atoms with Crippen LogP contribution in [0.3, 0.4) is 0 Å². The Morgan fingerprint density at radius 1 is 1.50 bits per heavy atom. The first-order valence-corrected chi connectivity index (χ1v) is 6.43. The standard InChI is InChI=1S/C13H19N3O2/c1-3-10-8-12(15-9(2)14-10)16(11-4-5-11)7-6-13(17)18/h8,11H,3-7H2,1-2H3,(H,17,18). The molecular weight excluding hydrogens is 230 g/mol. The highest BCUT2D eigenvalue weighted by molar-refractivity contribution is 5.67. The van der Waals surface area contributed by atoms with E-state index < -0.39 is 5.97 Å². The van der Waals surface area contributed by atoms with Crippen LogP contribution in [0.4, 0.5) is 5.82 Å². The minimum atomic E-state index is -0.762. The van der Waals surface area contributed by atoms with Gasteiger partial charge in [-0.2, -0.15) is 0 Å². The summed E-state index contributed by atoms with van der Waals surface area (Å²) in [5.41, 5.74) is 1.01. The van der Waals surface area contributed by atoms with E-state index in [0.29, 0.717) is 12.6 Å². The predicted molar refractivity (Wildman–Crippen MR) is 68.8 cm³/mol. The van der Waals surface area contributed by atoms with Gasteiger partial charge in [-0.15, -0.1) is 0 Å². The molecular formula is C13H19N3O2. The predicted octanol–water partition coefficient (Wildman–Crippen LogP) is 1.79. The van der Waals surface area contributed by atoms with E-state index in [1.807, 2.05) is 13.0 Å². The van der Waals surface area contributed by atoms with Gasteiger partial charge in [0.15, 0.2) is 0 Å². The Bertz CT molecular complexity index is 444. The zero-order chi connectivity index (χ0) is 13.1. The number of hydrogen-bond acceptors (Lipinski definition) is 4. The van der Waals surface area contributed by atoms with Crippen LogP contribution >= 0.6 is 0 Å². The summed E-state index contributed by atoms with van der Waals surface area (Å²) in [6.45, 7) is 4.47. The van der Waals surface area contributed by atoms with Gasteiger partial charge in [0.25, 0.3) is 0 Å². The lowest BCUT2D eigenvalue weighted by Gasteiger charge is -2.23. The molecule has 0 atom stereocenters. The molecule has 0 spiro atoms. The monoisotopic (exact) mass is 249 g/mol. The first-order valence-electron chi connectivity index (χ1n) is 6.43. The number of carboxylic acid groups (broad SMARTS) is 1. The number of aryl methyl sites for hydroxylation is 2. The van der Waals surface area contributed by atoms with Crippen LogP contribution in [0.5, 0.6) is 0 Å². The number of rotatable bonds is 6. The summed E-state index contributed by atoms with van der Waals surface area (Å²) in [6, 6.07) is 2.44.